The molecule has 2 amide bonds. The van der Waals surface area contributed by atoms with Gasteiger partial charge in [-0.25, -0.2) is 9.67 Å². The average Bonchev–Trinajstić information content (AvgIpc) is 3.48. The number of anilines is 1. The van der Waals surface area contributed by atoms with Crippen molar-refractivity contribution in [1.29, 1.82) is 0 Å². The Morgan fingerprint density at radius 3 is 2.40 bits per heavy atom. The molecule has 150 valence electrons. The van der Waals surface area contributed by atoms with Gasteiger partial charge in [0.2, 0.25) is 0 Å². The van der Waals surface area contributed by atoms with Crippen molar-refractivity contribution in [2.45, 2.75) is 13.0 Å². The van der Waals surface area contributed by atoms with Crippen LogP contribution in [0.1, 0.15) is 38.6 Å². The molecule has 1 atom stereocenters. The van der Waals surface area contributed by atoms with Crippen LogP contribution in [-0.4, -0.2) is 26.6 Å². The molecule has 2 N–H and O–H groups in total. The number of rotatable bonds is 6. The van der Waals surface area contributed by atoms with Crippen LogP contribution in [0.5, 0.6) is 0 Å². The molecule has 4 aromatic rings. The minimum absolute atomic E-state index is 0.162. The number of carbonyl (C=O) groups excluding carboxylic acids is 2. The lowest BCUT2D eigenvalue weighted by atomic mass is 10.1. The Morgan fingerprint density at radius 2 is 1.77 bits per heavy atom. The van der Waals surface area contributed by atoms with Gasteiger partial charge >= 0.3 is 0 Å². The molecule has 1 unspecified atom stereocenters. The van der Waals surface area contributed by atoms with Gasteiger partial charge in [0.15, 0.2) is 0 Å². The Hall–Kier alpha value is -3.78. The fraction of sp³-hybridized carbons (Fsp3) is 0.0909. The number of nitrogens with one attached hydrogen (secondary N) is 2. The van der Waals surface area contributed by atoms with Crippen LogP contribution in [0, 0.1) is 0 Å². The summed E-state index contributed by atoms with van der Waals surface area (Å²) in [7, 11) is 0. The molecule has 0 saturated heterocycles. The molecule has 30 heavy (non-hydrogen) atoms. The van der Waals surface area contributed by atoms with Crippen molar-refractivity contribution in [3.63, 3.8) is 0 Å². The lowest BCUT2D eigenvalue weighted by Crippen LogP contribution is -2.26. The molecule has 0 aliphatic carbocycles. The van der Waals surface area contributed by atoms with Crippen LogP contribution in [0.15, 0.2) is 78.7 Å². The van der Waals surface area contributed by atoms with Crippen molar-refractivity contribution >= 4 is 28.8 Å². The fourth-order valence-electron chi connectivity index (χ4n) is 2.93. The standard InChI is InChI=1S/C22H19N5O2S/c1-15(16-6-10-19(11-7-16)27-14-23-13-24-27)25-21(28)17-4-8-18(9-5-17)26-22(29)20-3-2-12-30-20/h2-15H,1H3,(H,25,28)(H,26,29). The van der Waals surface area contributed by atoms with Gasteiger partial charge in [0.05, 0.1) is 16.6 Å². The third-order valence-electron chi connectivity index (χ3n) is 4.57. The molecule has 0 bridgehead atoms. The topological polar surface area (TPSA) is 88.9 Å². The maximum absolute atomic E-state index is 12.6. The Kier molecular flexibility index (Phi) is 5.67. The van der Waals surface area contributed by atoms with E-state index >= 15 is 0 Å². The van der Waals surface area contributed by atoms with E-state index < -0.39 is 0 Å². The van der Waals surface area contributed by atoms with Crippen molar-refractivity contribution in [1.82, 2.24) is 20.1 Å². The van der Waals surface area contributed by atoms with Crippen LogP contribution < -0.4 is 10.6 Å². The molecular formula is C22H19N5O2S. The summed E-state index contributed by atoms with van der Waals surface area (Å²) < 4.78 is 1.67. The summed E-state index contributed by atoms with van der Waals surface area (Å²) in [6, 6.07) is 18.0. The number of benzene rings is 2. The summed E-state index contributed by atoms with van der Waals surface area (Å²) in [6.45, 7) is 1.93. The first-order valence-electron chi connectivity index (χ1n) is 9.31. The normalized spacial score (nSPS) is 11.6. The first-order chi connectivity index (χ1) is 14.6. The predicted octanol–water partition coefficient (Wildman–Crippen LogP) is 4.07. The Morgan fingerprint density at radius 1 is 1.00 bits per heavy atom. The quantitative estimate of drug-likeness (QED) is 0.495. The molecule has 2 aromatic heterocycles. The van der Waals surface area contributed by atoms with Crippen LogP contribution in [0.25, 0.3) is 5.69 Å². The second-order valence-electron chi connectivity index (χ2n) is 6.64. The van der Waals surface area contributed by atoms with E-state index in [1.807, 2.05) is 42.6 Å². The highest BCUT2D eigenvalue weighted by Gasteiger charge is 2.13. The van der Waals surface area contributed by atoms with Gasteiger partial charge in [-0.05, 0) is 60.3 Å². The van der Waals surface area contributed by atoms with Gasteiger partial charge in [0, 0.05) is 11.3 Å². The number of hydrogen-bond donors (Lipinski definition) is 2. The number of nitrogens with zero attached hydrogens (tertiary/aromatic N) is 3. The SMILES string of the molecule is CC(NC(=O)c1ccc(NC(=O)c2cccs2)cc1)c1ccc(-n2cncn2)cc1. The highest BCUT2D eigenvalue weighted by Crippen LogP contribution is 2.17. The van der Waals surface area contributed by atoms with Gasteiger partial charge in [-0.1, -0.05) is 18.2 Å². The van der Waals surface area contributed by atoms with Gasteiger partial charge in [0.25, 0.3) is 11.8 Å². The zero-order chi connectivity index (χ0) is 20.9. The van der Waals surface area contributed by atoms with Crippen molar-refractivity contribution < 1.29 is 9.59 Å². The predicted molar refractivity (Wildman–Crippen MR) is 116 cm³/mol. The Balaban J connectivity index is 1.36. The van der Waals surface area contributed by atoms with Crippen LogP contribution >= 0.6 is 11.3 Å². The smallest absolute Gasteiger partial charge is 0.265 e. The van der Waals surface area contributed by atoms with Crippen LogP contribution in [0.4, 0.5) is 5.69 Å². The molecule has 0 saturated carbocycles. The summed E-state index contributed by atoms with van der Waals surface area (Å²) in [6.07, 6.45) is 3.11. The fourth-order valence-corrected chi connectivity index (χ4v) is 3.54. The largest absolute Gasteiger partial charge is 0.346 e. The molecule has 2 aromatic carbocycles. The maximum atomic E-state index is 12.6. The van der Waals surface area contributed by atoms with E-state index in [9.17, 15) is 9.59 Å². The molecule has 0 radical (unpaired) electrons. The first-order valence-corrected chi connectivity index (χ1v) is 10.2. The zero-order valence-corrected chi connectivity index (χ0v) is 17.0. The molecule has 8 heteroatoms. The molecular weight excluding hydrogens is 398 g/mol. The molecule has 0 fully saturated rings. The maximum Gasteiger partial charge on any atom is 0.265 e. The molecule has 2 heterocycles. The summed E-state index contributed by atoms with van der Waals surface area (Å²) in [5.41, 5.74) is 3.04. The molecule has 4 rings (SSSR count). The number of aromatic nitrogens is 3. The van der Waals surface area contributed by atoms with Gasteiger partial charge in [-0.2, -0.15) is 5.10 Å². The van der Waals surface area contributed by atoms with E-state index in [4.69, 9.17) is 0 Å². The second-order valence-corrected chi connectivity index (χ2v) is 7.58. The second kappa shape index (κ2) is 8.71. The van der Waals surface area contributed by atoms with Gasteiger partial charge < -0.3 is 10.6 Å². The van der Waals surface area contributed by atoms with Crippen LogP contribution in [-0.2, 0) is 0 Å². The lowest BCUT2D eigenvalue weighted by Gasteiger charge is -2.15. The third-order valence-corrected chi connectivity index (χ3v) is 5.44. The third kappa shape index (κ3) is 4.44. The van der Waals surface area contributed by atoms with E-state index in [1.54, 1.807) is 41.3 Å². The van der Waals surface area contributed by atoms with Crippen LogP contribution in [0.2, 0.25) is 0 Å². The highest BCUT2D eigenvalue weighted by molar-refractivity contribution is 7.12. The average molecular weight is 417 g/mol. The Labute approximate surface area is 177 Å². The van der Waals surface area contributed by atoms with Crippen molar-refractivity contribution in [3.8, 4) is 5.69 Å². The highest BCUT2D eigenvalue weighted by atomic mass is 32.1. The number of amides is 2. The number of thiophene rings is 1. The minimum Gasteiger partial charge on any atom is -0.346 e. The zero-order valence-electron chi connectivity index (χ0n) is 16.1. The van der Waals surface area contributed by atoms with E-state index in [0.717, 1.165) is 11.3 Å². The summed E-state index contributed by atoms with van der Waals surface area (Å²) >= 11 is 1.38. The Bertz CT molecular complexity index is 1120. The minimum atomic E-state index is -0.181. The monoisotopic (exact) mass is 417 g/mol. The van der Waals surface area contributed by atoms with E-state index in [2.05, 4.69) is 20.7 Å². The summed E-state index contributed by atoms with van der Waals surface area (Å²) in [5.74, 6) is -0.343. The number of hydrogen-bond acceptors (Lipinski definition) is 5. The van der Waals surface area contributed by atoms with Crippen LogP contribution in [0.3, 0.4) is 0 Å². The lowest BCUT2D eigenvalue weighted by molar-refractivity contribution is 0.0939. The van der Waals surface area contributed by atoms with Gasteiger partial charge in [-0.3, -0.25) is 9.59 Å². The molecule has 0 aliphatic heterocycles. The van der Waals surface area contributed by atoms with Crippen molar-refractivity contribution in [2.75, 3.05) is 5.32 Å². The van der Waals surface area contributed by atoms with Gasteiger partial charge in [0.1, 0.15) is 12.7 Å². The van der Waals surface area contributed by atoms with Crippen molar-refractivity contribution in [3.05, 3.63) is 94.7 Å². The van der Waals surface area contributed by atoms with E-state index in [-0.39, 0.29) is 17.9 Å². The number of carbonyl (C=O) groups is 2. The van der Waals surface area contributed by atoms with Crippen molar-refractivity contribution in [2.24, 2.45) is 0 Å². The van der Waals surface area contributed by atoms with Gasteiger partial charge in [-0.15, -0.1) is 11.3 Å². The molecule has 7 nitrogen and oxygen atoms in total. The first kappa shape index (κ1) is 19.5. The summed E-state index contributed by atoms with van der Waals surface area (Å²) in [4.78, 5) is 29.3. The van der Waals surface area contributed by atoms with E-state index in [0.29, 0.717) is 16.1 Å². The van der Waals surface area contributed by atoms with E-state index in [1.165, 1.54) is 17.7 Å². The molecule has 0 spiro atoms. The molecule has 0 aliphatic rings. The summed E-state index contributed by atoms with van der Waals surface area (Å²) in [5, 5.41) is 11.8.